The van der Waals surface area contributed by atoms with Gasteiger partial charge in [0.2, 0.25) is 11.8 Å². The second kappa shape index (κ2) is 9.69. The van der Waals surface area contributed by atoms with Crippen LogP contribution in [0, 0.1) is 5.92 Å². The minimum atomic E-state index is -0.119. The van der Waals surface area contributed by atoms with Crippen LogP contribution in [0.3, 0.4) is 0 Å². The molecule has 2 aliphatic heterocycles. The van der Waals surface area contributed by atoms with Crippen LogP contribution in [-0.2, 0) is 20.9 Å². The minimum absolute atomic E-state index is 0.0280. The maximum Gasteiger partial charge on any atom is 0.225 e. The zero-order valence-corrected chi connectivity index (χ0v) is 16.5. The number of rotatable bonds is 7. The Labute approximate surface area is 163 Å². The standard InChI is InChI=1S/C18H26ClN3O3S/c19-16-4-3-15(26-16)12-20-18(24)14-2-5-17(23)22(13-14)7-1-6-21-8-10-25-11-9-21/h3-4,14H,1-2,5-13H2,(H,20,24)/t14-/m1/s1. The largest absolute Gasteiger partial charge is 0.379 e. The lowest BCUT2D eigenvalue weighted by Gasteiger charge is -2.33. The molecule has 0 radical (unpaired) electrons. The Hall–Kier alpha value is -1.15. The predicted octanol–water partition coefficient (Wildman–Crippen LogP) is 1.98. The maximum absolute atomic E-state index is 12.5. The van der Waals surface area contributed by atoms with Gasteiger partial charge in [0.1, 0.15) is 0 Å². The second-order valence-electron chi connectivity index (χ2n) is 6.81. The van der Waals surface area contributed by atoms with Crippen LogP contribution >= 0.6 is 22.9 Å². The Balaban J connectivity index is 1.41. The summed E-state index contributed by atoms with van der Waals surface area (Å²) < 4.78 is 6.08. The van der Waals surface area contributed by atoms with E-state index in [1.165, 1.54) is 11.3 Å². The second-order valence-corrected chi connectivity index (χ2v) is 8.61. The Morgan fingerprint density at radius 1 is 1.31 bits per heavy atom. The molecule has 2 fully saturated rings. The highest BCUT2D eigenvalue weighted by atomic mass is 35.5. The molecule has 2 saturated heterocycles. The molecule has 2 amide bonds. The number of carbonyl (C=O) groups is 2. The monoisotopic (exact) mass is 399 g/mol. The van der Waals surface area contributed by atoms with E-state index in [1.807, 2.05) is 17.0 Å². The lowest BCUT2D eigenvalue weighted by Crippen LogP contribution is -2.46. The molecule has 0 unspecified atom stereocenters. The summed E-state index contributed by atoms with van der Waals surface area (Å²) in [6, 6.07) is 3.76. The fraction of sp³-hybridized carbons (Fsp3) is 0.667. The summed E-state index contributed by atoms with van der Waals surface area (Å²) in [5.74, 6) is 0.0767. The van der Waals surface area contributed by atoms with Crippen molar-refractivity contribution in [1.82, 2.24) is 15.1 Å². The van der Waals surface area contributed by atoms with Gasteiger partial charge in [-0.15, -0.1) is 11.3 Å². The van der Waals surface area contributed by atoms with Crippen LogP contribution in [-0.4, -0.2) is 67.6 Å². The van der Waals surface area contributed by atoms with Crippen molar-refractivity contribution in [3.63, 3.8) is 0 Å². The van der Waals surface area contributed by atoms with E-state index in [-0.39, 0.29) is 17.7 Å². The van der Waals surface area contributed by atoms with Crippen LogP contribution in [0.15, 0.2) is 12.1 Å². The van der Waals surface area contributed by atoms with Gasteiger partial charge in [-0.3, -0.25) is 14.5 Å². The molecule has 6 nitrogen and oxygen atoms in total. The van der Waals surface area contributed by atoms with Crippen LogP contribution < -0.4 is 5.32 Å². The highest BCUT2D eigenvalue weighted by Crippen LogP contribution is 2.22. The lowest BCUT2D eigenvalue weighted by atomic mass is 9.96. The van der Waals surface area contributed by atoms with E-state index < -0.39 is 0 Å². The van der Waals surface area contributed by atoms with Crippen LogP contribution in [0.2, 0.25) is 4.34 Å². The number of hydrogen-bond acceptors (Lipinski definition) is 5. The van der Waals surface area contributed by atoms with Crippen molar-refractivity contribution in [2.24, 2.45) is 5.92 Å². The molecule has 0 aliphatic carbocycles. The first kappa shape index (κ1) is 19.6. The summed E-state index contributed by atoms with van der Waals surface area (Å²) in [6.45, 7) is 6.23. The molecular formula is C18H26ClN3O3S. The first-order valence-corrected chi connectivity index (χ1v) is 10.4. The summed E-state index contributed by atoms with van der Waals surface area (Å²) >= 11 is 7.39. The number of nitrogens with one attached hydrogen (secondary N) is 1. The van der Waals surface area contributed by atoms with Crippen molar-refractivity contribution < 1.29 is 14.3 Å². The third-order valence-corrected chi connectivity index (χ3v) is 6.17. The predicted molar refractivity (Wildman–Crippen MR) is 102 cm³/mol. The van der Waals surface area contributed by atoms with Crippen molar-refractivity contribution in [2.45, 2.75) is 25.8 Å². The summed E-state index contributed by atoms with van der Waals surface area (Å²) in [5, 5.41) is 2.98. The number of morpholine rings is 1. The smallest absolute Gasteiger partial charge is 0.225 e. The van der Waals surface area contributed by atoms with Crippen LogP contribution in [0.1, 0.15) is 24.1 Å². The molecule has 0 saturated carbocycles. The number of nitrogens with zero attached hydrogens (tertiary/aromatic N) is 2. The van der Waals surface area contributed by atoms with E-state index in [0.29, 0.717) is 25.9 Å². The molecular weight excluding hydrogens is 374 g/mol. The number of halogens is 1. The summed E-state index contributed by atoms with van der Waals surface area (Å²) in [6.07, 6.45) is 2.03. The van der Waals surface area contributed by atoms with Crippen LogP contribution in [0.25, 0.3) is 0 Å². The van der Waals surface area contributed by atoms with Crippen molar-refractivity contribution in [3.8, 4) is 0 Å². The molecule has 3 rings (SSSR count). The van der Waals surface area contributed by atoms with Crippen LogP contribution in [0.4, 0.5) is 0 Å². The molecule has 3 heterocycles. The zero-order valence-electron chi connectivity index (χ0n) is 14.9. The molecule has 1 aromatic rings. The van der Waals surface area contributed by atoms with Gasteiger partial charge in [-0.05, 0) is 25.0 Å². The quantitative estimate of drug-likeness (QED) is 0.761. The maximum atomic E-state index is 12.5. The number of ether oxygens (including phenoxy) is 1. The van der Waals surface area contributed by atoms with E-state index in [2.05, 4.69) is 10.2 Å². The van der Waals surface area contributed by atoms with Crippen molar-refractivity contribution in [2.75, 3.05) is 45.9 Å². The third kappa shape index (κ3) is 5.67. The molecule has 144 valence electrons. The Bertz CT molecular complexity index is 619. The first-order chi connectivity index (χ1) is 12.6. The topological polar surface area (TPSA) is 61.9 Å². The van der Waals surface area contributed by atoms with E-state index in [1.54, 1.807) is 0 Å². The average Bonchev–Trinajstić information content (AvgIpc) is 3.07. The van der Waals surface area contributed by atoms with Gasteiger partial charge in [0.25, 0.3) is 0 Å². The number of piperidine rings is 1. The molecule has 1 aromatic heterocycles. The van der Waals surface area contributed by atoms with Crippen molar-refractivity contribution in [1.29, 1.82) is 0 Å². The van der Waals surface area contributed by atoms with Gasteiger partial charge < -0.3 is 15.0 Å². The molecule has 0 aromatic carbocycles. The summed E-state index contributed by atoms with van der Waals surface area (Å²) in [5.41, 5.74) is 0. The van der Waals surface area contributed by atoms with Gasteiger partial charge in [0.15, 0.2) is 0 Å². The third-order valence-electron chi connectivity index (χ3n) is 4.94. The lowest BCUT2D eigenvalue weighted by molar-refractivity contribution is -0.138. The van der Waals surface area contributed by atoms with Crippen LogP contribution in [0.5, 0.6) is 0 Å². The number of amides is 2. The molecule has 26 heavy (non-hydrogen) atoms. The van der Waals surface area contributed by atoms with Gasteiger partial charge in [-0.25, -0.2) is 0 Å². The number of thiophene rings is 1. The molecule has 8 heteroatoms. The Morgan fingerprint density at radius 3 is 2.85 bits per heavy atom. The fourth-order valence-electron chi connectivity index (χ4n) is 3.42. The van der Waals surface area contributed by atoms with Gasteiger partial charge in [0, 0.05) is 44.0 Å². The Morgan fingerprint density at radius 2 is 2.12 bits per heavy atom. The summed E-state index contributed by atoms with van der Waals surface area (Å²) in [7, 11) is 0. The van der Waals surface area contributed by atoms with Gasteiger partial charge in [0.05, 0.1) is 30.0 Å². The Kier molecular flexibility index (Phi) is 7.31. The van der Waals surface area contributed by atoms with Gasteiger partial charge in [-0.1, -0.05) is 11.6 Å². The average molecular weight is 400 g/mol. The fourth-order valence-corrected chi connectivity index (χ4v) is 4.45. The molecule has 1 N–H and O–H groups in total. The summed E-state index contributed by atoms with van der Waals surface area (Å²) in [4.78, 5) is 29.9. The molecule has 0 bridgehead atoms. The van der Waals surface area contributed by atoms with Crippen molar-refractivity contribution >= 4 is 34.8 Å². The van der Waals surface area contributed by atoms with Gasteiger partial charge in [-0.2, -0.15) is 0 Å². The van der Waals surface area contributed by atoms with Gasteiger partial charge >= 0.3 is 0 Å². The normalized spacial score (nSPS) is 21.8. The van der Waals surface area contributed by atoms with E-state index in [4.69, 9.17) is 16.3 Å². The number of likely N-dealkylation sites (tertiary alicyclic amines) is 1. The highest BCUT2D eigenvalue weighted by Gasteiger charge is 2.30. The number of carbonyl (C=O) groups excluding carboxylic acids is 2. The van der Waals surface area contributed by atoms with E-state index in [0.717, 1.165) is 55.0 Å². The number of hydrogen-bond donors (Lipinski definition) is 1. The first-order valence-electron chi connectivity index (χ1n) is 9.21. The molecule has 2 aliphatic rings. The highest BCUT2D eigenvalue weighted by molar-refractivity contribution is 7.16. The van der Waals surface area contributed by atoms with Crippen molar-refractivity contribution in [3.05, 3.63) is 21.3 Å². The molecule has 0 spiro atoms. The zero-order chi connectivity index (χ0) is 18.4. The minimum Gasteiger partial charge on any atom is -0.379 e. The molecule has 1 atom stereocenters. The SMILES string of the molecule is O=C(NCc1ccc(Cl)s1)[C@@H]1CCC(=O)N(CCCN2CCOCC2)C1. The van der Waals surface area contributed by atoms with E-state index >= 15 is 0 Å². The van der Waals surface area contributed by atoms with E-state index in [9.17, 15) is 9.59 Å².